The molecule has 90 valence electrons. The van der Waals surface area contributed by atoms with E-state index in [1.165, 1.54) is 13.8 Å². The lowest BCUT2D eigenvalue weighted by atomic mass is 9.80. The molecule has 0 radical (unpaired) electrons. The summed E-state index contributed by atoms with van der Waals surface area (Å²) in [5.41, 5.74) is -2.31. The van der Waals surface area contributed by atoms with Crippen molar-refractivity contribution in [3.63, 3.8) is 0 Å². The largest absolute Gasteiger partial charge is 0.295 e. The molecule has 1 heterocycles. The molecule has 0 aromatic rings. The van der Waals surface area contributed by atoms with Crippen LogP contribution in [0.4, 0.5) is 13.2 Å². The van der Waals surface area contributed by atoms with Crippen LogP contribution < -0.4 is 0 Å². The number of alkyl halides is 3. The molecule has 0 N–H and O–H groups in total. The summed E-state index contributed by atoms with van der Waals surface area (Å²) in [6.07, 6.45) is -3.47. The average Bonchev–Trinajstić information content (AvgIpc) is 2.12. The molecule has 1 fully saturated rings. The van der Waals surface area contributed by atoms with Crippen LogP contribution in [0, 0.1) is 5.92 Å². The van der Waals surface area contributed by atoms with Crippen LogP contribution in [0.5, 0.6) is 0 Å². The summed E-state index contributed by atoms with van der Waals surface area (Å²) in [6.45, 7) is 6.77. The van der Waals surface area contributed by atoms with Crippen LogP contribution >= 0.6 is 0 Å². The van der Waals surface area contributed by atoms with Gasteiger partial charge >= 0.3 is 0 Å². The Balaban J connectivity index is 2.81. The molecule has 0 aromatic carbocycles. The molecule has 1 saturated heterocycles. The maximum atomic E-state index is 14.1. The van der Waals surface area contributed by atoms with Crippen LogP contribution in [0.3, 0.4) is 0 Å². The molecule has 15 heavy (non-hydrogen) atoms. The molecule has 1 nitrogen and oxygen atoms in total. The molecule has 1 rings (SSSR count). The van der Waals surface area contributed by atoms with Gasteiger partial charge in [-0.1, -0.05) is 13.8 Å². The number of hydrogen-bond acceptors (Lipinski definition) is 1. The molecular weight excluding hydrogens is 203 g/mol. The smallest absolute Gasteiger partial charge is 0.177 e. The van der Waals surface area contributed by atoms with Crippen molar-refractivity contribution < 1.29 is 13.2 Å². The normalized spacial score (nSPS) is 39.0. The molecule has 0 aliphatic carbocycles. The molecule has 3 atom stereocenters. The highest BCUT2D eigenvalue weighted by Crippen LogP contribution is 2.38. The van der Waals surface area contributed by atoms with Gasteiger partial charge in [0.2, 0.25) is 0 Å². The van der Waals surface area contributed by atoms with Gasteiger partial charge in [0.15, 0.2) is 5.67 Å². The molecule has 2 unspecified atom stereocenters. The van der Waals surface area contributed by atoms with Crippen molar-refractivity contribution in [1.82, 2.24) is 4.90 Å². The highest BCUT2D eigenvalue weighted by Gasteiger charge is 2.54. The average molecular weight is 223 g/mol. The van der Waals surface area contributed by atoms with Gasteiger partial charge in [0.1, 0.15) is 12.3 Å². The lowest BCUT2D eigenvalue weighted by molar-refractivity contribution is -0.113. The highest BCUT2D eigenvalue weighted by atomic mass is 19.2. The van der Waals surface area contributed by atoms with Crippen molar-refractivity contribution in [1.29, 1.82) is 0 Å². The van der Waals surface area contributed by atoms with Crippen LogP contribution in [0.1, 0.15) is 27.7 Å². The zero-order chi connectivity index (χ0) is 11.8. The second kappa shape index (κ2) is 4.32. The lowest BCUT2D eigenvalue weighted by Crippen LogP contribution is -2.62. The van der Waals surface area contributed by atoms with E-state index in [-0.39, 0.29) is 19.1 Å². The van der Waals surface area contributed by atoms with E-state index in [0.29, 0.717) is 0 Å². The molecule has 0 bridgehead atoms. The standard InChI is InChI=1S/C11H20F3N/c1-7(2)11(14)9(12)5-15(8(3)4)6-10(11)13/h7-10H,5-6H2,1-4H3/t9-,10?,11?/m0/s1. The third-order valence-corrected chi connectivity index (χ3v) is 3.36. The van der Waals surface area contributed by atoms with E-state index in [2.05, 4.69) is 0 Å². The SMILES string of the molecule is CC(C)N1CC(F)C(F)(C(C)C)[C@@H](F)C1. The van der Waals surface area contributed by atoms with Gasteiger partial charge in [0, 0.05) is 19.1 Å². The number of rotatable bonds is 2. The minimum absolute atomic E-state index is 0.00718. The van der Waals surface area contributed by atoms with Crippen molar-refractivity contribution >= 4 is 0 Å². The predicted molar refractivity (Wildman–Crippen MR) is 55.2 cm³/mol. The number of likely N-dealkylation sites (tertiary alicyclic amines) is 1. The second-order valence-corrected chi connectivity index (χ2v) is 4.96. The van der Waals surface area contributed by atoms with Crippen molar-refractivity contribution in [2.24, 2.45) is 5.92 Å². The van der Waals surface area contributed by atoms with Gasteiger partial charge in [-0.2, -0.15) is 0 Å². The van der Waals surface area contributed by atoms with Gasteiger partial charge in [-0.05, 0) is 19.8 Å². The van der Waals surface area contributed by atoms with Crippen molar-refractivity contribution in [3.05, 3.63) is 0 Å². The van der Waals surface area contributed by atoms with Crippen molar-refractivity contribution in [2.75, 3.05) is 13.1 Å². The van der Waals surface area contributed by atoms with Gasteiger partial charge in [-0.3, -0.25) is 4.90 Å². The lowest BCUT2D eigenvalue weighted by Gasteiger charge is -2.45. The number of hydrogen-bond donors (Lipinski definition) is 0. The van der Waals surface area contributed by atoms with E-state index in [1.54, 1.807) is 4.90 Å². The first-order valence-corrected chi connectivity index (χ1v) is 5.51. The predicted octanol–water partition coefficient (Wildman–Crippen LogP) is 2.75. The maximum absolute atomic E-state index is 14.1. The summed E-state index contributed by atoms with van der Waals surface area (Å²) in [7, 11) is 0. The number of nitrogens with zero attached hydrogens (tertiary/aromatic N) is 1. The number of halogens is 3. The molecule has 0 saturated carbocycles. The Labute approximate surface area is 89.6 Å². The molecular formula is C11H20F3N. The van der Waals surface area contributed by atoms with E-state index in [0.717, 1.165) is 0 Å². The topological polar surface area (TPSA) is 3.24 Å². The van der Waals surface area contributed by atoms with Gasteiger partial charge in [0.05, 0.1) is 0 Å². The highest BCUT2D eigenvalue weighted by molar-refractivity contribution is 5.03. The Morgan fingerprint density at radius 2 is 1.47 bits per heavy atom. The van der Waals surface area contributed by atoms with Crippen LogP contribution in [0.2, 0.25) is 0 Å². The fraction of sp³-hybridized carbons (Fsp3) is 1.00. The Bertz CT molecular complexity index is 206. The first-order valence-electron chi connectivity index (χ1n) is 5.51. The quantitative estimate of drug-likeness (QED) is 0.695. The summed E-state index contributed by atoms with van der Waals surface area (Å²) in [6, 6.07) is 0.0539. The first-order chi connectivity index (χ1) is 6.80. The van der Waals surface area contributed by atoms with Crippen LogP contribution in [0.25, 0.3) is 0 Å². The Hall–Kier alpha value is -0.250. The molecule has 0 amide bonds. The summed E-state index contributed by atoms with van der Waals surface area (Å²) in [5.74, 6) is -0.628. The van der Waals surface area contributed by atoms with E-state index in [1.807, 2.05) is 13.8 Å². The van der Waals surface area contributed by atoms with E-state index in [9.17, 15) is 13.2 Å². The number of piperidine rings is 1. The van der Waals surface area contributed by atoms with Crippen LogP contribution in [0.15, 0.2) is 0 Å². The minimum Gasteiger partial charge on any atom is -0.295 e. The van der Waals surface area contributed by atoms with E-state index in [4.69, 9.17) is 0 Å². The molecule has 0 spiro atoms. The monoisotopic (exact) mass is 223 g/mol. The molecule has 4 heteroatoms. The second-order valence-electron chi connectivity index (χ2n) is 4.96. The molecule has 0 aromatic heterocycles. The van der Waals surface area contributed by atoms with E-state index < -0.39 is 23.9 Å². The fourth-order valence-corrected chi connectivity index (χ4v) is 2.11. The fourth-order valence-electron chi connectivity index (χ4n) is 2.11. The zero-order valence-electron chi connectivity index (χ0n) is 9.80. The van der Waals surface area contributed by atoms with Crippen molar-refractivity contribution in [2.45, 2.75) is 51.7 Å². The van der Waals surface area contributed by atoms with Gasteiger partial charge in [-0.15, -0.1) is 0 Å². The molecule has 1 aliphatic heterocycles. The van der Waals surface area contributed by atoms with Gasteiger partial charge < -0.3 is 0 Å². The van der Waals surface area contributed by atoms with Crippen LogP contribution in [-0.2, 0) is 0 Å². The molecule has 1 aliphatic rings. The van der Waals surface area contributed by atoms with Crippen molar-refractivity contribution in [3.8, 4) is 0 Å². The Kier molecular flexibility index (Phi) is 3.69. The Morgan fingerprint density at radius 1 is 1.07 bits per heavy atom. The third kappa shape index (κ3) is 2.14. The minimum atomic E-state index is -2.31. The van der Waals surface area contributed by atoms with E-state index >= 15 is 0 Å². The van der Waals surface area contributed by atoms with Crippen LogP contribution in [-0.4, -0.2) is 42.0 Å². The van der Waals surface area contributed by atoms with Gasteiger partial charge in [0.25, 0.3) is 0 Å². The third-order valence-electron chi connectivity index (χ3n) is 3.36. The summed E-state index contributed by atoms with van der Waals surface area (Å²) in [4.78, 5) is 1.65. The summed E-state index contributed by atoms with van der Waals surface area (Å²) in [5, 5.41) is 0. The summed E-state index contributed by atoms with van der Waals surface area (Å²) < 4.78 is 41.5. The Morgan fingerprint density at radius 3 is 1.73 bits per heavy atom. The summed E-state index contributed by atoms with van der Waals surface area (Å²) >= 11 is 0. The zero-order valence-corrected chi connectivity index (χ0v) is 9.80. The first kappa shape index (κ1) is 12.8. The maximum Gasteiger partial charge on any atom is 0.177 e. The van der Waals surface area contributed by atoms with Gasteiger partial charge in [-0.25, -0.2) is 13.2 Å².